The SMILES string of the molecule is O=C(OCc1cccc2c1oc1ccccc12)C(c1ccco1)N1C(=O)c2cc(Oc3ccc(Oc4cccc(CC5CO5)c4)cc3)c3c4c(Oc5ccc(Oc6cccc(CC7CO7)c6)cc5)cc5c6c(cc(Oc7ccc(Oc8cccc(CC9CO9)c8)cc7)c(c7c(Oc8ccc(Oc9cccc(CC%10CO%10)c9)cc8)cc(c2c37)C1=O)c64)C(=O)N(C(C(=O)OCc1cccc2c1oc1ccccc12)c1ccco1)C5=O. The number of ether oxygens (including phenoxy) is 14. The molecule has 0 N–H and O–H groups in total. The molecule has 724 valence electrons. The number of benzene rings is 17. The van der Waals surface area contributed by atoms with Crippen molar-refractivity contribution < 1.29 is 113 Å². The number of amides is 4. The van der Waals surface area contributed by atoms with Crippen molar-refractivity contribution in [2.75, 3.05) is 26.4 Å². The van der Waals surface area contributed by atoms with Gasteiger partial charge >= 0.3 is 11.9 Å². The van der Waals surface area contributed by atoms with Gasteiger partial charge in [-0.25, -0.2) is 9.59 Å². The van der Waals surface area contributed by atoms with Crippen LogP contribution in [0.25, 0.3) is 87.0 Å². The summed E-state index contributed by atoms with van der Waals surface area (Å²) in [6.07, 6.45) is 5.87. The third-order valence-corrected chi connectivity index (χ3v) is 27.5. The highest BCUT2D eigenvalue weighted by atomic mass is 16.6. The Bertz CT molecular complexity index is 8070. The number of epoxide rings is 4. The molecule has 27 rings (SSSR count). The molecule has 4 saturated heterocycles. The molecule has 10 heterocycles. The Kier molecular flexibility index (Phi) is 21.8. The molecule has 148 heavy (non-hydrogen) atoms. The van der Waals surface area contributed by atoms with Crippen LogP contribution < -0.4 is 37.9 Å². The summed E-state index contributed by atoms with van der Waals surface area (Å²) in [4.78, 5) is 102. The molecule has 0 saturated carbocycles. The van der Waals surface area contributed by atoms with Crippen LogP contribution in [-0.4, -0.2) is 96.2 Å². The molecular formula is C122H82N2O24. The Morgan fingerprint density at radius 1 is 0.270 bits per heavy atom. The molecule has 21 aromatic rings. The van der Waals surface area contributed by atoms with Crippen molar-refractivity contribution in [3.63, 3.8) is 0 Å². The predicted octanol–water partition coefficient (Wildman–Crippen LogP) is 27.0. The molecule has 4 aromatic heterocycles. The number of rotatable bonds is 34. The highest BCUT2D eigenvalue weighted by molar-refractivity contribution is 6.45. The van der Waals surface area contributed by atoms with E-state index < -0.39 is 47.7 Å². The first-order chi connectivity index (χ1) is 72.7. The van der Waals surface area contributed by atoms with E-state index in [1.54, 1.807) is 109 Å². The number of carbonyl (C=O) groups excluding carboxylic acids is 6. The molecule has 17 aromatic carbocycles. The van der Waals surface area contributed by atoms with Gasteiger partial charge in [0, 0.05) is 101 Å². The van der Waals surface area contributed by atoms with Crippen LogP contribution in [0.5, 0.6) is 92.0 Å². The molecular weight excluding hydrogens is 1880 g/mol. The normalized spacial score (nSPS) is 16.4. The third kappa shape index (κ3) is 16.9. The van der Waals surface area contributed by atoms with Crippen LogP contribution in [0.4, 0.5) is 0 Å². The Morgan fingerprint density at radius 3 is 0.818 bits per heavy atom. The van der Waals surface area contributed by atoms with Crippen LogP contribution in [0.2, 0.25) is 0 Å². The molecule has 26 heteroatoms. The zero-order chi connectivity index (χ0) is 98.9. The second-order valence-corrected chi connectivity index (χ2v) is 37.4. The first-order valence-corrected chi connectivity index (χ1v) is 48.7. The maximum Gasteiger partial charge on any atom is 0.337 e. The highest BCUT2D eigenvalue weighted by Crippen LogP contribution is 2.60. The summed E-state index contributed by atoms with van der Waals surface area (Å²) in [5.74, 6) is -2.26. The second kappa shape index (κ2) is 36.5. The van der Waals surface area contributed by atoms with Crippen LogP contribution >= 0.6 is 0 Å². The quantitative estimate of drug-likeness (QED) is 0.0119. The zero-order valence-corrected chi connectivity index (χ0v) is 78.6. The second-order valence-electron chi connectivity index (χ2n) is 37.4. The van der Waals surface area contributed by atoms with Crippen molar-refractivity contribution in [2.45, 2.75) is 75.4 Å². The van der Waals surface area contributed by atoms with E-state index >= 15 is 28.8 Å². The van der Waals surface area contributed by atoms with Crippen LogP contribution in [0.3, 0.4) is 0 Å². The summed E-state index contributed by atoms with van der Waals surface area (Å²) in [5.41, 5.74) is 6.40. The molecule has 26 nitrogen and oxygen atoms in total. The first-order valence-electron chi connectivity index (χ1n) is 48.7. The maximum atomic E-state index is 17.2. The van der Waals surface area contributed by atoms with E-state index in [4.69, 9.17) is 84.0 Å². The molecule has 6 aliphatic heterocycles. The van der Waals surface area contributed by atoms with Crippen LogP contribution in [0.15, 0.2) is 358 Å². The summed E-state index contributed by atoms with van der Waals surface area (Å²) >= 11 is 0. The van der Waals surface area contributed by atoms with Gasteiger partial charge in [-0.2, -0.15) is 0 Å². The summed E-state index contributed by atoms with van der Waals surface area (Å²) in [6.45, 7) is 1.89. The van der Waals surface area contributed by atoms with E-state index in [1.165, 1.54) is 61.1 Å². The van der Waals surface area contributed by atoms with Crippen LogP contribution in [0, 0.1) is 0 Å². The number of furan rings is 4. The van der Waals surface area contributed by atoms with Crippen molar-refractivity contribution in [3.05, 3.63) is 407 Å². The predicted molar refractivity (Wildman–Crippen MR) is 544 cm³/mol. The van der Waals surface area contributed by atoms with E-state index in [2.05, 4.69) is 0 Å². The Hall–Kier alpha value is -18.3. The molecule has 6 atom stereocenters. The fraction of sp³-hybridized carbons (Fsp3) is 0.131. The van der Waals surface area contributed by atoms with Gasteiger partial charge in [0.15, 0.2) is 12.1 Å². The van der Waals surface area contributed by atoms with Gasteiger partial charge in [-0.1, -0.05) is 121 Å². The largest absolute Gasteiger partial charge is 0.466 e. The number of carbonyl (C=O) groups is 6. The third-order valence-electron chi connectivity index (χ3n) is 27.5. The average Bonchev–Trinajstić information content (AvgIpc) is 1.54. The molecule has 0 bridgehead atoms. The topological polar surface area (TPSA) is 304 Å². The van der Waals surface area contributed by atoms with E-state index in [1.807, 2.05) is 170 Å². The minimum absolute atomic E-state index is 0.00798. The van der Waals surface area contributed by atoms with Crippen LogP contribution in [0.1, 0.15) is 98.4 Å². The van der Waals surface area contributed by atoms with Crippen molar-refractivity contribution in [2.24, 2.45) is 0 Å². The van der Waals surface area contributed by atoms with Crippen molar-refractivity contribution in [1.29, 1.82) is 0 Å². The fourth-order valence-corrected chi connectivity index (χ4v) is 20.3. The molecule has 6 unspecified atom stereocenters. The zero-order valence-electron chi connectivity index (χ0n) is 78.6. The molecule has 4 amide bonds. The van der Waals surface area contributed by atoms with E-state index in [0.29, 0.717) is 132 Å². The lowest BCUT2D eigenvalue weighted by molar-refractivity contribution is -0.151. The van der Waals surface area contributed by atoms with Gasteiger partial charge in [-0.15, -0.1) is 0 Å². The summed E-state index contributed by atoms with van der Waals surface area (Å²) in [6, 6.07) is 92.3. The molecule has 0 aliphatic carbocycles. The van der Waals surface area contributed by atoms with Gasteiger partial charge in [-0.3, -0.25) is 29.0 Å². The molecule has 6 aliphatic rings. The Morgan fingerprint density at radius 2 is 0.541 bits per heavy atom. The number of hydrogen-bond acceptors (Lipinski definition) is 24. The van der Waals surface area contributed by atoms with Crippen molar-refractivity contribution in [3.8, 4) is 92.0 Å². The van der Waals surface area contributed by atoms with Gasteiger partial charge in [0.05, 0.1) is 85.6 Å². The van der Waals surface area contributed by atoms with Gasteiger partial charge < -0.3 is 84.0 Å². The fourth-order valence-electron chi connectivity index (χ4n) is 20.3. The Balaban J connectivity index is 0.692. The number of nitrogens with zero attached hydrogens (tertiary/aromatic N) is 2. The number of para-hydroxylation sites is 4. The van der Waals surface area contributed by atoms with Crippen LogP contribution in [-0.2, 0) is 76.9 Å². The van der Waals surface area contributed by atoms with E-state index in [-0.39, 0.29) is 160 Å². The smallest absolute Gasteiger partial charge is 0.337 e. The summed E-state index contributed by atoms with van der Waals surface area (Å²) < 4.78 is 117. The minimum atomic E-state index is -1.94. The standard InChI is InChI=1S/C122H82N2O24/c125-117-93-57-101(143-77-39-31-73(32-40-77)139-81-19-5-13-67(49-81)53-85-63-133-85)107-109-103(145-79-43-35-75(36-44-79)141-83-21-7-15-69(51-83)55-87-65-135-87)59-95-106-96(120(128)124(119(95)127)114(100-30-12-48-132-100)122(130)138-62-72-18-10-26-92-90-24-2-4-28-98(90)148-116(72)92)60-104(146-80-45-37-76(38-46-80)142-84-22-8-16-70(52-84)56-88-66-136-88)110(112(106)109)108-102(144-78-41-33-74(34-42-78)140-82-20-6-14-68(50-82)54-86-64-134-86)58-94(105(93)111(107)108)118(126)123(117)113(99-29-11-47-131-99)121(129)137-61-71-17-9-25-91-89-23-1-3-27-97(89)147-115(71)91/h1-52,57-60,85-88,113-114H,53-56,61-66H2. The minimum Gasteiger partial charge on any atom is -0.466 e. The summed E-state index contributed by atoms with van der Waals surface area (Å²) in [7, 11) is 0. The van der Waals surface area contributed by atoms with Crippen molar-refractivity contribution in [1.82, 2.24) is 9.80 Å². The van der Waals surface area contributed by atoms with Gasteiger partial charge in [0.25, 0.3) is 23.6 Å². The summed E-state index contributed by atoms with van der Waals surface area (Å²) in [5, 5.41) is 3.83. The molecule has 0 radical (unpaired) electrons. The number of hydrogen-bond donors (Lipinski definition) is 0. The lowest BCUT2D eigenvalue weighted by atomic mass is 9.80. The number of esters is 2. The Labute approximate surface area is 841 Å². The van der Waals surface area contributed by atoms with E-state index in [9.17, 15) is 0 Å². The first kappa shape index (κ1) is 88.6. The number of fused-ring (bicyclic) bond motifs is 8. The van der Waals surface area contributed by atoms with Gasteiger partial charge in [0.2, 0.25) is 0 Å². The maximum absolute atomic E-state index is 17.2. The average molecular weight is 1960 g/mol. The van der Waals surface area contributed by atoms with E-state index in [0.717, 1.165) is 53.6 Å². The monoisotopic (exact) mass is 1960 g/mol. The van der Waals surface area contributed by atoms with Crippen molar-refractivity contribution >= 4 is 123 Å². The van der Waals surface area contributed by atoms with Gasteiger partial charge in [0.1, 0.15) is 139 Å². The number of imide groups is 2. The lowest BCUT2D eigenvalue weighted by Crippen LogP contribution is -2.46. The molecule has 4 fully saturated rings. The lowest BCUT2D eigenvalue weighted by Gasteiger charge is -2.34. The highest BCUT2D eigenvalue weighted by Gasteiger charge is 2.50. The molecule has 0 spiro atoms. The van der Waals surface area contributed by atoms with Gasteiger partial charge in [-0.05, 0) is 229 Å².